The lowest BCUT2D eigenvalue weighted by molar-refractivity contribution is -0.154. The zero-order valence-corrected chi connectivity index (χ0v) is 19.3. The summed E-state index contributed by atoms with van der Waals surface area (Å²) in [6.45, 7) is 4.42. The van der Waals surface area contributed by atoms with Gasteiger partial charge in [0, 0.05) is 10.5 Å². The van der Waals surface area contributed by atoms with Crippen LogP contribution in [0.15, 0.2) is 47.6 Å². The molecule has 3 aromatic rings. The molecule has 1 aliphatic carbocycles. The van der Waals surface area contributed by atoms with Crippen LogP contribution < -0.4 is 4.74 Å². The molecule has 1 fully saturated rings. The van der Waals surface area contributed by atoms with Gasteiger partial charge in [0.05, 0.1) is 16.7 Å². The van der Waals surface area contributed by atoms with Crippen LogP contribution in [0.3, 0.4) is 0 Å². The number of ether oxygens (including phenoxy) is 2. The third kappa shape index (κ3) is 5.00. The number of imidazole rings is 1. The van der Waals surface area contributed by atoms with Gasteiger partial charge in [-0.25, -0.2) is 4.98 Å². The Bertz CT molecular complexity index is 1290. The van der Waals surface area contributed by atoms with Gasteiger partial charge in [0.25, 0.3) is 0 Å². The van der Waals surface area contributed by atoms with Crippen molar-refractivity contribution in [1.29, 1.82) is 0 Å². The van der Waals surface area contributed by atoms with Crippen molar-refractivity contribution in [2.75, 3.05) is 6.61 Å². The lowest BCUT2D eigenvalue weighted by atomic mass is 9.82. The van der Waals surface area contributed by atoms with Crippen molar-refractivity contribution in [1.82, 2.24) is 9.55 Å². The summed E-state index contributed by atoms with van der Waals surface area (Å²) in [7, 11) is 0. The van der Waals surface area contributed by atoms with Gasteiger partial charge in [0.15, 0.2) is 0 Å². The molecule has 3 atom stereocenters. The molecule has 0 unspecified atom stereocenters. The monoisotopic (exact) mass is 457 g/mol. The maximum atomic E-state index is 13.0. The molecule has 174 valence electrons. The molecule has 8 nitrogen and oxygen atoms in total. The number of esters is 1. The van der Waals surface area contributed by atoms with E-state index in [9.17, 15) is 4.79 Å². The molecule has 1 aromatic heterocycles. The summed E-state index contributed by atoms with van der Waals surface area (Å²) in [6.07, 6.45) is 8.33. The van der Waals surface area contributed by atoms with Gasteiger partial charge in [0.1, 0.15) is 30.8 Å². The van der Waals surface area contributed by atoms with Crippen molar-refractivity contribution in [3.05, 3.63) is 52.9 Å². The van der Waals surface area contributed by atoms with Crippen LogP contribution in [0.4, 0.5) is 5.69 Å². The molecule has 8 heteroatoms. The van der Waals surface area contributed by atoms with Crippen LogP contribution in [0.1, 0.15) is 33.1 Å². The van der Waals surface area contributed by atoms with Crippen LogP contribution in [0.2, 0.25) is 0 Å². The molecular formula is C26H27N5O3. The number of hydrogen-bond acceptors (Lipinski definition) is 5. The smallest absolute Gasteiger partial charge is 0.326 e. The molecule has 0 radical (unpaired) electrons. The molecule has 1 heterocycles. The highest BCUT2D eigenvalue weighted by Crippen LogP contribution is 2.35. The van der Waals surface area contributed by atoms with Gasteiger partial charge in [0.2, 0.25) is 0 Å². The van der Waals surface area contributed by atoms with Gasteiger partial charge < -0.3 is 14.0 Å². The highest BCUT2D eigenvalue weighted by molar-refractivity contribution is 5.84. The minimum atomic E-state index is -0.292. The Hall–Kier alpha value is -3.95. The van der Waals surface area contributed by atoms with Crippen LogP contribution in [0, 0.1) is 24.2 Å². The first-order valence-corrected chi connectivity index (χ1v) is 11.4. The number of aromatic nitrogens is 2. The van der Waals surface area contributed by atoms with E-state index in [4.69, 9.17) is 26.4 Å². The van der Waals surface area contributed by atoms with Gasteiger partial charge in [-0.15, -0.1) is 6.42 Å². The lowest BCUT2D eigenvalue weighted by Crippen LogP contribution is -2.32. The topological polar surface area (TPSA) is 102 Å². The highest BCUT2D eigenvalue weighted by Gasteiger charge is 2.29. The fraction of sp³-hybridized carbons (Fsp3) is 0.385. The molecule has 1 aliphatic rings. The maximum Gasteiger partial charge on any atom is 0.326 e. The van der Waals surface area contributed by atoms with E-state index in [0.717, 1.165) is 23.9 Å². The first-order chi connectivity index (χ1) is 16.5. The summed E-state index contributed by atoms with van der Waals surface area (Å²) in [5.41, 5.74) is 11.5. The minimum absolute atomic E-state index is 0.0274. The molecule has 0 spiro atoms. The largest absolute Gasteiger partial charge is 0.480 e. The Morgan fingerprint density at radius 2 is 2.12 bits per heavy atom. The second-order valence-corrected chi connectivity index (χ2v) is 8.80. The SMILES string of the molecule is C#CCOc1ccc(-c2nc3ccccc3n2CC(=O)O[C@@H]2C[C@H](C)CC[C@H]2C)cc1N=[N+]=[N-]. The molecular weight excluding hydrogens is 430 g/mol. The number of benzene rings is 2. The van der Waals surface area contributed by atoms with E-state index >= 15 is 0 Å². The average molecular weight is 458 g/mol. The van der Waals surface area contributed by atoms with E-state index in [1.54, 1.807) is 18.2 Å². The maximum absolute atomic E-state index is 13.0. The molecule has 4 rings (SSSR count). The van der Waals surface area contributed by atoms with Crippen LogP contribution in [-0.2, 0) is 16.1 Å². The number of nitrogens with zero attached hydrogens (tertiary/aromatic N) is 5. The summed E-state index contributed by atoms with van der Waals surface area (Å²) in [4.78, 5) is 20.7. The van der Waals surface area contributed by atoms with Crippen molar-refractivity contribution >= 4 is 22.7 Å². The van der Waals surface area contributed by atoms with Crippen LogP contribution in [0.5, 0.6) is 5.75 Å². The summed E-state index contributed by atoms with van der Waals surface area (Å²) >= 11 is 0. The zero-order valence-electron chi connectivity index (χ0n) is 19.3. The molecule has 0 amide bonds. The van der Waals surface area contributed by atoms with Crippen LogP contribution in [-0.4, -0.2) is 28.2 Å². The molecule has 0 N–H and O–H groups in total. The number of hydrogen-bond donors (Lipinski definition) is 0. The minimum Gasteiger partial charge on any atom is -0.480 e. The van der Waals surface area contributed by atoms with Crippen molar-refractivity contribution < 1.29 is 14.3 Å². The molecule has 0 saturated heterocycles. The zero-order chi connectivity index (χ0) is 24.1. The Labute approximate surface area is 198 Å². The predicted octanol–water partition coefficient (Wildman–Crippen LogP) is 6.03. The Morgan fingerprint density at radius 1 is 1.29 bits per heavy atom. The van der Waals surface area contributed by atoms with Crippen LogP contribution >= 0.6 is 0 Å². The van der Waals surface area contributed by atoms with Crippen molar-refractivity contribution in [3.8, 4) is 29.5 Å². The molecule has 1 saturated carbocycles. The fourth-order valence-corrected chi connectivity index (χ4v) is 4.46. The summed E-state index contributed by atoms with van der Waals surface area (Å²) in [5, 5.41) is 3.74. The Kier molecular flexibility index (Phi) is 7.05. The molecule has 34 heavy (non-hydrogen) atoms. The van der Waals surface area contributed by atoms with E-state index in [1.807, 2.05) is 28.8 Å². The first kappa shape index (κ1) is 23.2. The summed E-state index contributed by atoms with van der Waals surface area (Å²) in [5.74, 6) is 3.95. The number of rotatable bonds is 7. The standard InChI is InChI=1S/C26H27N5O3/c1-4-13-33-23-12-11-19(15-21(23)29-30-27)26-28-20-7-5-6-8-22(20)31(26)16-25(32)34-24-14-17(2)9-10-18(24)3/h1,5-8,11-12,15,17-18,24H,9-10,13-14,16H2,2-3H3/t17-,18-,24-/m1/s1. The number of terminal acetylenes is 1. The predicted molar refractivity (Wildman–Crippen MR) is 130 cm³/mol. The second-order valence-electron chi connectivity index (χ2n) is 8.80. The third-order valence-corrected chi connectivity index (χ3v) is 6.29. The van der Waals surface area contributed by atoms with Crippen LogP contribution in [0.25, 0.3) is 32.9 Å². The van der Waals surface area contributed by atoms with E-state index in [2.05, 4.69) is 29.8 Å². The Morgan fingerprint density at radius 3 is 2.91 bits per heavy atom. The van der Waals surface area contributed by atoms with Gasteiger partial charge in [-0.3, -0.25) is 4.79 Å². The third-order valence-electron chi connectivity index (χ3n) is 6.29. The number of carbonyl (C=O) groups is 1. The van der Waals surface area contributed by atoms with Crippen molar-refractivity contribution in [2.45, 2.75) is 45.8 Å². The normalized spacial score (nSPS) is 19.7. The van der Waals surface area contributed by atoms with Crippen molar-refractivity contribution in [2.24, 2.45) is 17.0 Å². The van der Waals surface area contributed by atoms with Gasteiger partial charge in [-0.2, -0.15) is 0 Å². The number of carbonyl (C=O) groups excluding carboxylic acids is 1. The molecule has 0 aliphatic heterocycles. The average Bonchev–Trinajstić information content (AvgIpc) is 3.19. The van der Waals surface area contributed by atoms with E-state index in [0.29, 0.717) is 34.7 Å². The first-order valence-electron chi connectivity index (χ1n) is 11.4. The van der Waals surface area contributed by atoms with Gasteiger partial charge in [-0.05, 0) is 60.5 Å². The fourth-order valence-electron chi connectivity index (χ4n) is 4.46. The number of para-hydroxylation sites is 2. The van der Waals surface area contributed by atoms with Crippen molar-refractivity contribution in [3.63, 3.8) is 0 Å². The quantitative estimate of drug-likeness (QED) is 0.142. The van der Waals surface area contributed by atoms with E-state index < -0.39 is 0 Å². The molecule has 2 aromatic carbocycles. The van der Waals surface area contributed by atoms with Gasteiger partial charge >= 0.3 is 5.97 Å². The lowest BCUT2D eigenvalue weighted by Gasteiger charge is -2.32. The number of azide groups is 1. The second kappa shape index (κ2) is 10.3. The summed E-state index contributed by atoms with van der Waals surface area (Å²) < 4.78 is 13.2. The van der Waals surface area contributed by atoms with Gasteiger partial charge in [-0.1, -0.05) is 43.4 Å². The number of fused-ring (bicyclic) bond motifs is 1. The molecule has 0 bridgehead atoms. The van der Waals surface area contributed by atoms with E-state index in [1.165, 1.54) is 6.42 Å². The summed E-state index contributed by atoms with van der Waals surface area (Å²) in [6, 6.07) is 12.8. The van der Waals surface area contributed by atoms with E-state index in [-0.39, 0.29) is 25.2 Å². The Balaban J connectivity index is 1.68. The highest BCUT2D eigenvalue weighted by atomic mass is 16.5.